The monoisotopic (exact) mass is 449 g/mol. The number of aromatic nitrogens is 1. The van der Waals surface area contributed by atoms with Gasteiger partial charge in [0.15, 0.2) is 0 Å². The highest BCUT2D eigenvalue weighted by Gasteiger charge is 2.16. The van der Waals surface area contributed by atoms with Crippen molar-refractivity contribution < 1.29 is 9.66 Å². The lowest BCUT2D eigenvalue weighted by atomic mass is 10.1. The molecule has 0 aliphatic carbocycles. The number of benzene rings is 3. The number of aliphatic imine (C=N–C) groups is 1. The molecule has 3 aromatic carbocycles. The number of rotatable bonds is 6. The number of nitro benzene ring substituents is 1. The number of methoxy groups -OCH3 is 1. The van der Waals surface area contributed by atoms with Crippen LogP contribution in [0.2, 0.25) is 5.02 Å². The van der Waals surface area contributed by atoms with Crippen LogP contribution in [-0.4, -0.2) is 23.2 Å². The average molecular weight is 450 g/mol. The first kappa shape index (κ1) is 20.7. The maximum absolute atomic E-state index is 11.0. The normalized spacial score (nSPS) is 11.0. The van der Waals surface area contributed by atoms with Gasteiger partial charge in [-0.2, -0.15) is 0 Å². The van der Waals surface area contributed by atoms with Gasteiger partial charge in [-0.05, 0) is 59.7 Å². The van der Waals surface area contributed by atoms with Crippen LogP contribution < -0.4 is 4.74 Å². The average Bonchev–Trinajstić information content (AvgIpc) is 3.22. The Morgan fingerprint density at radius 3 is 2.42 bits per heavy atom. The second-order valence-electron chi connectivity index (χ2n) is 6.52. The number of ether oxygens (including phenoxy) is 1. The molecule has 1 aromatic heterocycles. The lowest BCUT2D eigenvalue weighted by Gasteiger charge is -2.04. The Balaban J connectivity index is 1.76. The zero-order valence-corrected chi connectivity index (χ0v) is 17.9. The fraction of sp³-hybridized carbons (Fsp3) is 0.0435. The van der Waals surface area contributed by atoms with Crippen LogP contribution in [0.15, 0.2) is 77.8 Å². The third kappa shape index (κ3) is 4.79. The molecule has 0 bridgehead atoms. The van der Waals surface area contributed by atoms with Gasteiger partial charge in [0.2, 0.25) is 5.13 Å². The van der Waals surface area contributed by atoms with E-state index in [0.717, 1.165) is 33.0 Å². The van der Waals surface area contributed by atoms with Crippen LogP contribution in [0.5, 0.6) is 5.75 Å². The largest absolute Gasteiger partial charge is 0.497 e. The number of nitrogens with zero attached hydrogens (tertiary/aromatic N) is 3. The minimum atomic E-state index is -0.415. The van der Waals surface area contributed by atoms with E-state index >= 15 is 0 Å². The molecule has 8 heteroatoms. The highest BCUT2D eigenvalue weighted by Crippen LogP contribution is 2.40. The predicted molar refractivity (Wildman–Crippen MR) is 125 cm³/mol. The van der Waals surface area contributed by atoms with Gasteiger partial charge in [-0.15, -0.1) is 0 Å². The van der Waals surface area contributed by atoms with E-state index in [0.29, 0.717) is 10.2 Å². The molecule has 0 radical (unpaired) electrons. The number of nitro groups is 1. The second-order valence-corrected chi connectivity index (χ2v) is 7.93. The van der Waals surface area contributed by atoms with Gasteiger partial charge in [0.1, 0.15) is 5.75 Å². The van der Waals surface area contributed by atoms with Gasteiger partial charge in [0.05, 0.1) is 22.6 Å². The van der Waals surface area contributed by atoms with E-state index < -0.39 is 4.92 Å². The summed E-state index contributed by atoms with van der Waals surface area (Å²) in [6.07, 6.45) is 1.71. The van der Waals surface area contributed by atoms with Crippen molar-refractivity contribution in [2.75, 3.05) is 7.11 Å². The van der Waals surface area contributed by atoms with E-state index in [1.165, 1.54) is 23.5 Å². The molecule has 0 saturated heterocycles. The molecule has 154 valence electrons. The smallest absolute Gasteiger partial charge is 0.269 e. The van der Waals surface area contributed by atoms with Crippen LogP contribution in [0.4, 0.5) is 10.8 Å². The molecular weight excluding hydrogens is 434 g/mol. The summed E-state index contributed by atoms with van der Waals surface area (Å²) in [5, 5.41) is 12.2. The lowest BCUT2D eigenvalue weighted by Crippen LogP contribution is -1.88. The number of thiazole rings is 1. The van der Waals surface area contributed by atoms with Crippen LogP contribution in [0.1, 0.15) is 5.56 Å². The van der Waals surface area contributed by atoms with Gasteiger partial charge >= 0.3 is 0 Å². The molecule has 0 spiro atoms. The molecule has 0 saturated carbocycles. The molecule has 0 amide bonds. The van der Waals surface area contributed by atoms with Crippen LogP contribution in [0.3, 0.4) is 0 Å². The Kier molecular flexibility index (Phi) is 6.06. The van der Waals surface area contributed by atoms with Crippen molar-refractivity contribution in [3.63, 3.8) is 0 Å². The second kappa shape index (κ2) is 9.07. The van der Waals surface area contributed by atoms with Gasteiger partial charge in [-0.3, -0.25) is 10.1 Å². The molecule has 0 atom stereocenters. The first-order valence-corrected chi connectivity index (χ1v) is 10.4. The Bertz CT molecular complexity index is 1250. The van der Waals surface area contributed by atoms with E-state index in [1.807, 2.05) is 42.5 Å². The summed E-state index contributed by atoms with van der Waals surface area (Å²) >= 11 is 7.45. The van der Waals surface area contributed by atoms with Crippen LogP contribution in [-0.2, 0) is 0 Å². The van der Waals surface area contributed by atoms with Gasteiger partial charge in [-0.25, -0.2) is 9.98 Å². The fourth-order valence-electron chi connectivity index (χ4n) is 2.96. The van der Waals surface area contributed by atoms with Crippen molar-refractivity contribution in [3.05, 3.63) is 93.5 Å². The molecule has 4 rings (SSSR count). The van der Waals surface area contributed by atoms with Crippen molar-refractivity contribution in [1.82, 2.24) is 4.98 Å². The maximum Gasteiger partial charge on any atom is 0.269 e. The third-order valence-electron chi connectivity index (χ3n) is 4.49. The predicted octanol–water partition coefficient (Wildman–Crippen LogP) is 6.80. The fourth-order valence-corrected chi connectivity index (χ4v) is 4.09. The zero-order chi connectivity index (χ0) is 21.8. The van der Waals surface area contributed by atoms with Gasteiger partial charge < -0.3 is 4.74 Å². The molecule has 0 aliphatic heterocycles. The summed E-state index contributed by atoms with van der Waals surface area (Å²) in [7, 11) is 1.61. The Morgan fingerprint density at radius 1 is 1.06 bits per heavy atom. The first-order chi connectivity index (χ1) is 15.0. The van der Waals surface area contributed by atoms with Crippen LogP contribution >= 0.6 is 22.9 Å². The number of halogens is 1. The first-order valence-electron chi connectivity index (χ1n) is 9.23. The standard InChI is InChI=1S/C23H16ClN3O3S/c1-30-20-11-7-16(8-12-20)21-22(17-5-9-19(10-6-17)27(28)29)31-23(26-21)25-14-15-3-2-4-18(24)13-15/h2-14H,1H3. The van der Waals surface area contributed by atoms with Crippen molar-refractivity contribution in [2.24, 2.45) is 4.99 Å². The molecule has 1 heterocycles. The quantitative estimate of drug-likeness (QED) is 0.184. The van der Waals surface area contributed by atoms with Crippen LogP contribution in [0, 0.1) is 10.1 Å². The van der Waals surface area contributed by atoms with E-state index in [2.05, 4.69) is 4.99 Å². The SMILES string of the molecule is COc1ccc(-c2nc(N=Cc3cccc(Cl)c3)sc2-c2ccc([N+](=O)[O-])cc2)cc1. The van der Waals surface area contributed by atoms with Crippen LogP contribution in [0.25, 0.3) is 21.7 Å². The molecular formula is C23H16ClN3O3S. The van der Waals surface area contributed by atoms with E-state index in [4.69, 9.17) is 21.3 Å². The summed E-state index contributed by atoms with van der Waals surface area (Å²) in [4.78, 5) is 20.7. The molecule has 0 aliphatic rings. The Morgan fingerprint density at radius 2 is 1.77 bits per heavy atom. The minimum Gasteiger partial charge on any atom is -0.497 e. The van der Waals surface area contributed by atoms with E-state index in [9.17, 15) is 10.1 Å². The van der Waals surface area contributed by atoms with E-state index in [-0.39, 0.29) is 5.69 Å². The van der Waals surface area contributed by atoms with Gasteiger partial charge in [0.25, 0.3) is 5.69 Å². The summed E-state index contributed by atoms with van der Waals surface area (Å²) in [6, 6.07) is 21.4. The third-order valence-corrected chi connectivity index (χ3v) is 5.74. The zero-order valence-electron chi connectivity index (χ0n) is 16.4. The van der Waals surface area contributed by atoms with Gasteiger partial charge in [-0.1, -0.05) is 35.1 Å². The molecule has 0 fully saturated rings. The number of hydrogen-bond acceptors (Lipinski definition) is 6. The van der Waals surface area contributed by atoms with Gasteiger partial charge in [0, 0.05) is 28.9 Å². The highest BCUT2D eigenvalue weighted by atomic mass is 35.5. The Labute approximate surface area is 187 Å². The molecule has 0 unspecified atom stereocenters. The maximum atomic E-state index is 11.0. The summed E-state index contributed by atoms with van der Waals surface area (Å²) < 4.78 is 5.24. The summed E-state index contributed by atoms with van der Waals surface area (Å²) in [5.41, 5.74) is 3.39. The Hall–Kier alpha value is -3.55. The van der Waals surface area contributed by atoms with Crippen molar-refractivity contribution in [1.29, 1.82) is 0 Å². The van der Waals surface area contributed by atoms with Crippen molar-refractivity contribution >= 4 is 40.0 Å². The molecule has 0 N–H and O–H groups in total. The summed E-state index contributed by atoms with van der Waals surface area (Å²) in [6.45, 7) is 0. The van der Waals surface area contributed by atoms with Crippen molar-refractivity contribution in [2.45, 2.75) is 0 Å². The van der Waals surface area contributed by atoms with Crippen molar-refractivity contribution in [3.8, 4) is 27.4 Å². The molecule has 31 heavy (non-hydrogen) atoms. The topological polar surface area (TPSA) is 77.6 Å². The lowest BCUT2D eigenvalue weighted by molar-refractivity contribution is -0.384. The minimum absolute atomic E-state index is 0.0402. The molecule has 4 aromatic rings. The number of non-ortho nitro benzene ring substituents is 1. The summed E-state index contributed by atoms with van der Waals surface area (Å²) in [5.74, 6) is 0.745. The molecule has 6 nitrogen and oxygen atoms in total. The number of hydrogen-bond donors (Lipinski definition) is 0. The highest BCUT2D eigenvalue weighted by molar-refractivity contribution is 7.19. The van der Waals surface area contributed by atoms with E-state index in [1.54, 1.807) is 31.5 Å².